The van der Waals surface area contributed by atoms with Crippen LogP contribution in [0.1, 0.15) is 13.8 Å². The van der Waals surface area contributed by atoms with Gasteiger partial charge in [0, 0.05) is 18.2 Å². The average Bonchev–Trinajstić information content (AvgIpc) is 2.35. The summed E-state index contributed by atoms with van der Waals surface area (Å²) in [7, 11) is -4.05. The van der Waals surface area contributed by atoms with Crippen LogP contribution in [0, 0.1) is 21.8 Å². The van der Waals surface area contributed by atoms with E-state index in [1.807, 2.05) is 0 Å². The minimum atomic E-state index is -4.05. The molecule has 0 aromatic heterocycles. The number of halogens is 1. The Bertz CT molecular complexity index is 603. The Labute approximate surface area is 115 Å². The fraction of sp³-hybridized carbons (Fsp3) is 0.455. The summed E-state index contributed by atoms with van der Waals surface area (Å²) in [5.74, 6) is -1.40. The first-order valence-electron chi connectivity index (χ1n) is 5.76. The third-order valence-corrected chi connectivity index (χ3v) is 4.22. The second kappa shape index (κ2) is 6.25. The molecule has 0 heterocycles. The van der Waals surface area contributed by atoms with E-state index in [2.05, 4.69) is 4.72 Å². The van der Waals surface area contributed by atoms with Gasteiger partial charge in [-0.25, -0.2) is 13.1 Å². The molecule has 0 amide bonds. The molecule has 1 atom stereocenters. The van der Waals surface area contributed by atoms with E-state index in [-0.39, 0.29) is 5.92 Å². The Hall–Kier alpha value is -1.58. The first-order valence-corrected chi connectivity index (χ1v) is 7.24. The molecular formula is C11H15FN2O5S. The molecule has 0 radical (unpaired) electrons. The van der Waals surface area contributed by atoms with Crippen molar-refractivity contribution in [3.63, 3.8) is 0 Å². The normalized spacial score (nSPS) is 13.4. The molecule has 20 heavy (non-hydrogen) atoms. The Morgan fingerprint density at radius 1 is 1.45 bits per heavy atom. The molecule has 112 valence electrons. The van der Waals surface area contributed by atoms with Crippen LogP contribution in [0.4, 0.5) is 10.1 Å². The van der Waals surface area contributed by atoms with Crippen molar-refractivity contribution in [3.8, 4) is 0 Å². The third-order valence-electron chi connectivity index (χ3n) is 2.73. The van der Waals surface area contributed by atoms with Gasteiger partial charge in [0.05, 0.1) is 16.4 Å². The summed E-state index contributed by atoms with van der Waals surface area (Å²) < 4.78 is 39.6. The van der Waals surface area contributed by atoms with E-state index in [1.165, 1.54) is 0 Å². The third kappa shape index (κ3) is 3.71. The summed E-state index contributed by atoms with van der Waals surface area (Å²) in [6, 6.07) is 1.58. The molecule has 0 spiro atoms. The Balaban J connectivity index is 3.10. The second-order valence-corrected chi connectivity index (χ2v) is 6.24. The Morgan fingerprint density at radius 2 is 2.05 bits per heavy atom. The maximum absolute atomic E-state index is 13.4. The smallest absolute Gasteiger partial charge is 0.304 e. The lowest BCUT2D eigenvalue weighted by molar-refractivity contribution is -0.387. The van der Waals surface area contributed by atoms with Gasteiger partial charge in [0.25, 0.3) is 0 Å². The van der Waals surface area contributed by atoms with Crippen molar-refractivity contribution in [2.24, 2.45) is 5.92 Å². The van der Waals surface area contributed by atoms with E-state index in [0.717, 1.165) is 12.1 Å². The number of nitrogens with zero attached hydrogens (tertiary/aromatic N) is 1. The first kappa shape index (κ1) is 16.5. The number of aliphatic hydroxyl groups excluding tert-OH is 1. The lowest BCUT2D eigenvalue weighted by atomic mass is 10.1. The molecule has 0 aliphatic heterocycles. The summed E-state index contributed by atoms with van der Waals surface area (Å²) in [4.78, 5) is 9.09. The molecule has 2 N–H and O–H groups in total. The van der Waals surface area contributed by atoms with Gasteiger partial charge in [-0.15, -0.1) is 0 Å². The van der Waals surface area contributed by atoms with Gasteiger partial charge in [-0.2, -0.15) is 4.39 Å². The van der Waals surface area contributed by atoms with Gasteiger partial charge < -0.3 is 5.11 Å². The van der Waals surface area contributed by atoms with Crippen molar-refractivity contribution in [1.82, 2.24) is 4.72 Å². The molecule has 1 aromatic carbocycles. The first-order chi connectivity index (χ1) is 9.19. The van der Waals surface area contributed by atoms with E-state index < -0.39 is 44.0 Å². The number of nitro benzene ring substituents is 1. The minimum Gasteiger partial charge on any atom is -0.395 e. The topological polar surface area (TPSA) is 110 Å². The molecule has 0 fully saturated rings. The van der Waals surface area contributed by atoms with Gasteiger partial charge in [0.2, 0.25) is 15.8 Å². The molecule has 1 rings (SSSR count). The summed E-state index contributed by atoms with van der Waals surface area (Å²) in [5, 5.41) is 19.6. The number of sulfonamides is 1. The number of aliphatic hydroxyl groups is 1. The van der Waals surface area contributed by atoms with Crippen LogP contribution in [0.3, 0.4) is 0 Å². The largest absolute Gasteiger partial charge is 0.395 e. The zero-order valence-electron chi connectivity index (χ0n) is 10.9. The van der Waals surface area contributed by atoms with Crippen molar-refractivity contribution < 1.29 is 22.8 Å². The lowest BCUT2D eigenvalue weighted by Gasteiger charge is -2.19. The van der Waals surface area contributed by atoms with Crippen LogP contribution < -0.4 is 4.72 Å². The monoisotopic (exact) mass is 306 g/mol. The zero-order chi connectivity index (χ0) is 15.5. The summed E-state index contributed by atoms with van der Waals surface area (Å²) in [6.45, 7) is 3.01. The van der Waals surface area contributed by atoms with Crippen LogP contribution >= 0.6 is 0 Å². The maximum atomic E-state index is 13.4. The van der Waals surface area contributed by atoms with Crippen LogP contribution in [0.25, 0.3) is 0 Å². The lowest BCUT2D eigenvalue weighted by Crippen LogP contribution is -2.41. The standard InChI is InChI=1S/C11H15FN2O5S/c1-7(2)10(6-15)13-20(18,19)8-3-4-11(14(16)17)9(12)5-8/h3-5,7,10,13,15H,6H2,1-2H3/t10-/m1/s1. The molecule has 0 bridgehead atoms. The molecule has 0 unspecified atom stereocenters. The molecule has 0 aliphatic carbocycles. The Kier molecular flexibility index (Phi) is 5.15. The van der Waals surface area contributed by atoms with Crippen molar-refractivity contribution in [2.45, 2.75) is 24.8 Å². The van der Waals surface area contributed by atoms with Crippen LogP contribution in [-0.4, -0.2) is 31.1 Å². The van der Waals surface area contributed by atoms with Crippen molar-refractivity contribution >= 4 is 15.7 Å². The van der Waals surface area contributed by atoms with Crippen molar-refractivity contribution in [3.05, 3.63) is 34.1 Å². The predicted molar refractivity (Wildman–Crippen MR) is 69.1 cm³/mol. The maximum Gasteiger partial charge on any atom is 0.304 e. The number of benzene rings is 1. The zero-order valence-corrected chi connectivity index (χ0v) is 11.7. The van der Waals surface area contributed by atoms with Gasteiger partial charge >= 0.3 is 5.69 Å². The van der Waals surface area contributed by atoms with Gasteiger partial charge in [-0.05, 0) is 12.0 Å². The number of nitro groups is 1. The summed E-state index contributed by atoms with van der Waals surface area (Å²) in [5.41, 5.74) is -0.800. The van der Waals surface area contributed by atoms with Crippen LogP contribution in [0.15, 0.2) is 23.1 Å². The summed E-state index contributed by atoms with van der Waals surface area (Å²) >= 11 is 0. The predicted octanol–water partition coefficient (Wildman–Crippen LogP) is 1.03. The van der Waals surface area contributed by atoms with E-state index in [4.69, 9.17) is 5.11 Å². The highest BCUT2D eigenvalue weighted by Crippen LogP contribution is 2.21. The van der Waals surface area contributed by atoms with E-state index in [1.54, 1.807) is 13.8 Å². The summed E-state index contributed by atoms with van der Waals surface area (Å²) in [6.07, 6.45) is 0. The van der Waals surface area contributed by atoms with Crippen LogP contribution in [-0.2, 0) is 10.0 Å². The van der Waals surface area contributed by atoms with Gasteiger partial charge in [0.1, 0.15) is 0 Å². The number of nitrogens with one attached hydrogen (secondary N) is 1. The highest BCUT2D eigenvalue weighted by Gasteiger charge is 2.24. The fourth-order valence-electron chi connectivity index (χ4n) is 1.45. The molecule has 9 heteroatoms. The van der Waals surface area contributed by atoms with E-state index >= 15 is 0 Å². The van der Waals surface area contributed by atoms with Gasteiger partial charge in [-0.3, -0.25) is 10.1 Å². The van der Waals surface area contributed by atoms with Gasteiger partial charge in [0.15, 0.2) is 0 Å². The van der Waals surface area contributed by atoms with E-state index in [0.29, 0.717) is 6.07 Å². The van der Waals surface area contributed by atoms with Crippen LogP contribution in [0.5, 0.6) is 0 Å². The molecule has 0 aliphatic rings. The highest BCUT2D eigenvalue weighted by molar-refractivity contribution is 7.89. The average molecular weight is 306 g/mol. The Morgan fingerprint density at radius 3 is 2.45 bits per heavy atom. The molecule has 0 saturated heterocycles. The quantitative estimate of drug-likeness (QED) is 0.602. The molecule has 1 aromatic rings. The highest BCUT2D eigenvalue weighted by atomic mass is 32.2. The van der Waals surface area contributed by atoms with Gasteiger partial charge in [-0.1, -0.05) is 13.8 Å². The van der Waals surface area contributed by atoms with Crippen LogP contribution in [0.2, 0.25) is 0 Å². The number of hydrogen-bond acceptors (Lipinski definition) is 5. The number of hydrogen-bond donors (Lipinski definition) is 2. The second-order valence-electron chi connectivity index (χ2n) is 4.52. The van der Waals surface area contributed by atoms with E-state index in [9.17, 15) is 22.9 Å². The SMILES string of the molecule is CC(C)[C@@H](CO)NS(=O)(=O)c1ccc([N+](=O)[O-])c(F)c1. The molecular weight excluding hydrogens is 291 g/mol. The molecule has 0 saturated carbocycles. The number of rotatable bonds is 6. The minimum absolute atomic E-state index is 0.169. The van der Waals surface area contributed by atoms with Crippen molar-refractivity contribution in [2.75, 3.05) is 6.61 Å². The van der Waals surface area contributed by atoms with Crippen molar-refractivity contribution in [1.29, 1.82) is 0 Å². The molecule has 7 nitrogen and oxygen atoms in total. The fourth-order valence-corrected chi connectivity index (χ4v) is 2.84.